The van der Waals surface area contributed by atoms with Crippen molar-refractivity contribution in [2.24, 2.45) is 17.8 Å². The predicted molar refractivity (Wildman–Crippen MR) is 138 cm³/mol. The average molecular weight is 593 g/mol. The van der Waals surface area contributed by atoms with Crippen LogP contribution in [0.25, 0.3) is 0 Å². The Morgan fingerprint density at radius 1 is 0.707 bits per heavy atom. The first-order valence-electron chi connectivity index (χ1n) is 14.5. The lowest BCUT2D eigenvalue weighted by atomic mass is 9.68. The van der Waals surface area contributed by atoms with Crippen LogP contribution < -0.4 is 9.47 Å². The fraction of sp³-hybridized carbons (Fsp3) is 0.613. The summed E-state index contributed by atoms with van der Waals surface area (Å²) in [4.78, 5) is 0. The number of halogens is 8. The third-order valence-electron chi connectivity index (χ3n) is 8.76. The van der Waals surface area contributed by atoms with Gasteiger partial charge in [-0.1, -0.05) is 51.5 Å². The Morgan fingerprint density at radius 2 is 1.29 bits per heavy atom. The minimum absolute atomic E-state index is 0.0408. The summed E-state index contributed by atoms with van der Waals surface area (Å²) in [5, 5.41) is 0. The molecule has 2 aliphatic rings. The van der Waals surface area contributed by atoms with Gasteiger partial charge in [-0.25, -0.2) is 13.2 Å². The highest BCUT2D eigenvalue weighted by atomic mass is 19.4. The predicted octanol–water partition coefficient (Wildman–Crippen LogP) is 10.8. The molecule has 2 saturated carbocycles. The third kappa shape index (κ3) is 8.28. The standard InChI is InChI=1S/C31H36F8O2/c1-2-3-4-5-19-6-8-20(9-7-19)21-10-12-22(13-11-21)23-14-15-25(26(32)16-23)30(35,36)40-24-17-27(33)29(28(34)18-24)41-31(37,38)39/h14-22H,2-13H2,1H3/t19-,20-,21-,22-. The number of alkyl halides is 5. The second-order valence-corrected chi connectivity index (χ2v) is 11.5. The van der Waals surface area contributed by atoms with E-state index in [1.807, 2.05) is 0 Å². The van der Waals surface area contributed by atoms with Gasteiger partial charge in [0.25, 0.3) is 0 Å². The summed E-state index contributed by atoms with van der Waals surface area (Å²) in [7, 11) is 0. The van der Waals surface area contributed by atoms with E-state index in [2.05, 4.69) is 16.4 Å². The molecule has 228 valence electrons. The summed E-state index contributed by atoms with van der Waals surface area (Å²) in [6.07, 6.45) is 4.27. The van der Waals surface area contributed by atoms with Gasteiger partial charge in [-0.15, -0.1) is 13.2 Å². The quantitative estimate of drug-likeness (QED) is 0.202. The zero-order valence-corrected chi connectivity index (χ0v) is 23.0. The van der Waals surface area contributed by atoms with Crippen LogP contribution in [0.15, 0.2) is 30.3 Å². The highest BCUT2D eigenvalue weighted by Gasteiger charge is 2.40. The van der Waals surface area contributed by atoms with E-state index in [-0.39, 0.29) is 18.1 Å². The molecule has 2 nitrogen and oxygen atoms in total. The normalized spacial score (nSPS) is 23.8. The van der Waals surface area contributed by atoms with Crippen LogP contribution in [0.3, 0.4) is 0 Å². The van der Waals surface area contributed by atoms with E-state index in [0.717, 1.165) is 49.7 Å². The number of unbranched alkanes of at least 4 members (excludes halogenated alkanes) is 2. The summed E-state index contributed by atoms with van der Waals surface area (Å²) in [5.41, 5.74) is -0.548. The molecular formula is C31H36F8O2. The van der Waals surface area contributed by atoms with Crippen LogP contribution >= 0.6 is 0 Å². The van der Waals surface area contributed by atoms with Crippen molar-refractivity contribution < 1.29 is 44.6 Å². The monoisotopic (exact) mass is 592 g/mol. The molecule has 0 spiro atoms. The topological polar surface area (TPSA) is 18.5 Å². The highest BCUT2D eigenvalue weighted by molar-refractivity contribution is 5.36. The molecule has 2 aromatic rings. The van der Waals surface area contributed by atoms with Crippen molar-refractivity contribution in [2.45, 2.75) is 102 Å². The Hall–Kier alpha value is -2.52. The fourth-order valence-corrected chi connectivity index (χ4v) is 6.59. The van der Waals surface area contributed by atoms with E-state index in [1.165, 1.54) is 57.4 Å². The molecule has 0 N–H and O–H groups in total. The first-order valence-corrected chi connectivity index (χ1v) is 14.5. The largest absolute Gasteiger partial charge is 0.573 e. The van der Waals surface area contributed by atoms with Crippen molar-refractivity contribution in [3.05, 3.63) is 58.9 Å². The molecule has 2 aromatic carbocycles. The summed E-state index contributed by atoms with van der Waals surface area (Å²) in [5.74, 6) is -5.74. The summed E-state index contributed by atoms with van der Waals surface area (Å²) >= 11 is 0. The molecular weight excluding hydrogens is 556 g/mol. The van der Waals surface area contributed by atoms with Crippen LogP contribution in [0.5, 0.6) is 11.5 Å². The molecule has 0 atom stereocenters. The van der Waals surface area contributed by atoms with E-state index in [1.54, 1.807) is 0 Å². The maximum absolute atomic E-state index is 14.9. The smallest absolute Gasteiger partial charge is 0.429 e. The molecule has 41 heavy (non-hydrogen) atoms. The Bertz CT molecular complexity index is 1130. The summed E-state index contributed by atoms with van der Waals surface area (Å²) in [6, 6.07) is 3.55. The van der Waals surface area contributed by atoms with Crippen LogP contribution in [0.1, 0.15) is 101 Å². The van der Waals surface area contributed by atoms with Crippen molar-refractivity contribution in [1.29, 1.82) is 0 Å². The highest BCUT2D eigenvalue weighted by Crippen LogP contribution is 2.45. The fourth-order valence-electron chi connectivity index (χ4n) is 6.59. The zero-order chi connectivity index (χ0) is 29.8. The summed E-state index contributed by atoms with van der Waals surface area (Å²) in [6.45, 7) is 2.22. The first kappa shape index (κ1) is 31.4. The second-order valence-electron chi connectivity index (χ2n) is 11.5. The maximum Gasteiger partial charge on any atom is 0.573 e. The van der Waals surface area contributed by atoms with Crippen molar-refractivity contribution in [3.8, 4) is 11.5 Å². The number of benzene rings is 2. The van der Waals surface area contributed by atoms with Gasteiger partial charge in [-0.3, -0.25) is 0 Å². The molecule has 2 aliphatic carbocycles. The Kier molecular flexibility index (Phi) is 10.1. The van der Waals surface area contributed by atoms with Crippen molar-refractivity contribution in [1.82, 2.24) is 0 Å². The molecule has 0 saturated heterocycles. The molecule has 0 aliphatic heterocycles. The minimum Gasteiger partial charge on any atom is -0.429 e. The van der Waals surface area contributed by atoms with Gasteiger partial charge in [0.15, 0.2) is 11.6 Å². The van der Waals surface area contributed by atoms with Crippen LogP contribution in [0.2, 0.25) is 0 Å². The zero-order valence-electron chi connectivity index (χ0n) is 23.0. The van der Waals surface area contributed by atoms with Gasteiger partial charge in [0.2, 0.25) is 5.75 Å². The van der Waals surface area contributed by atoms with Crippen molar-refractivity contribution >= 4 is 0 Å². The van der Waals surface area contributed by atoms with Gasteiger partial charge in [0.1, 0.15) is 11.6 Å². The van der Waals surface area contributed by atoms with Gasteiger partial charge in [0.05, 0.1) is 5.56 Å². The van der Waals surface area contributed by atoms with Gasteiger partial charge in [-0.2, -0.15) is 8.78 Å². The minimum atomic E-state index is -5.40. The van der Waals surface area contributed by atoms with Gasteiger partial charge in [0, 0.05) is 12.1 Å². The Labute approximate surface area is 235 Å². The molecule has 0 aromatic heterocycles. The molecule has 0 bridgehead atoms. The molecule has 0 unspecified atom stereocenters. The number of hydrogen-bond donors (Lipinski definition) is 0. The first-order chi connectivity index (χ1) is 19.4. The van der Waals surface area contributed by atoms with E-state index in [0.29, 0.717) is 11.5 Å². The van der Waals surface area contributed by atoms with Crippen LogP contribution in [0.4, 0.5) is 35.1 Å². The number of ether oxygens (including phenoxy) is 2. The lowest BCUT2D eigenvalue weighted by Crippen LogP contribution is -2.26. The second kappa shape index (κ2) is 13.2. The van der Waals surface area contributed by atoms with Crippen LogP contribution in [-0.4, -0.2) is 6.36 Å². The van der Waals surface area contributed by atoms with E-state index in [4.69, 9.17) is 0 Å². The molecule has 2 fully saturated rings. The van der Waals surface area contributed by atoms with Gasteiger partial charge >= 0.3 is 12.5 Å². The molecule has 10 heteroatoms. The van der Waals surface area contributed by atoms with Crippen LogP contribution in [0, 0.1) is 35.2 Å². The van der Waals surface area contributed by atoms with Gasteiger partial charge < -0.3 is 9.47 Å². The number of hydrogen-bond acceptors (Lipinski definition) is 2. The average Bonchev–Trinajstić information content (AvgIpc) is 2.90. The molecule has 0 radical (unpaired) electrons. The van der Waals surface area contributed by atoms with Crippen molar-refractivity contribution in [3.63, 3.8) is 0 Å². The van der Waals surface area contributed by atoms with E-state index >= 15 is 0 Å². The van der Waals surface area contributed by atoms with Gasteiger partial charge in [-0.05, 0) is 79.9 Å². The molecule has 4 rings (SSSR count). The lowest BCUT2D eigenvalue weighted by Gasteiger charge is -2.38. The lowest BCUT2D eigenvalue weighted by molar-refractivity contribution is -0.276. The third-order valence-corrected chi connectivity index (χ3v) is 8.76. The van der Waals surface area contributed by atoms with E-state index < -0.39 is 47.0 Å². The molecule has 0 amide bonds. The van der Waals surface area contributed by atoms with Crippen LogP contribution in [-0.2, 0) is 6.11 Å². The number of rotatable bonds is 10. The Morgan fingerprint density at radius 3 is 1.83 bits per heavy atom. The maximum atomic E-state index is 14.9. The Balaban J connectivity index is 1.34. The summed E-state index contributed by atoms with van der Waals surface area (Å²) < 4.78 is 117. The van der Waals surface area contributed by atoms with E-state index in [9.17, 15) is 35.1 Å². The molecule has 0 heterocycles. The van der Waals surface area contributed by atoms with Crippen molar-refractivity contribution in [2.75, 3.05) is 0 Å². The SMILES string of the molecule is CCCCC[C@H]1CC[C@H]([C@H]2CC[C@H](c3ccc(C(F)(F)Oc4cc(F)c(OC(F)(F)F)c(F)c4)c(F)c3)CC2)CC1.